The van der Waals surface area contributed by atoms with Crippen molar-refractivity contribution in [2.24, 2.45) is 0 Å². The molecule has 0 N–H and O–H groups in total. The SMILES string of the molecule is CCc1ccc(N(C)CCC(=O)c2ccccc2Cl)cc1. The summed E-state index contributed by atoms with van der Waals surface area (Å²) in [5.74, 6) is 0.0811. The van der Waals surface area contributed by atoms with E-state index < -0.39 is 0 Å². The van der Waals surface area contributed by atoms with Crippen LogP contribution in [0.4, 0.5) is 5.69 Å². The molecule has 0 amide bonds. The number of aryl methyl sites for hydroxylation is 1. The molecule has 0 radical (unpaired) electrons. The molecule has 0 atom stereocenters. The van der Waals surface area contributed by atoms with E-state index in [4.69, 9.17) is 11.6 Å². The summed E-state index contributed by atoms with van der Waals surface area (Å²) < 4.78 is 0. The number of carbonyl (C=O) groups is 1. The van der Waals surface area contributed by atoms with Crippen molar-refractivity contribution in [3.8, 4) is 0 Å². The predicted octanol–water partition coefficient (Wildman–Crippen LogP) is 4.61. The molecular formula is C18H20ClNO. The quantitative estimate of drug-likeness (QED) is 0.726. The van der Waals surface area contributed by atoms with Crippen LogP contribution in [0, 0.1) is 0 Å². The Morgan fingerprint density at radius 2 is 1.76 bits per heavy atom. The van der Waals surface area contributed by atoms with Gasteiger partial charge in [0, 0.05) is 31.3 Å². The zero-order chi connectivity index (χ0) is 15.2. The Morgan fingerprint density at radius 3 is 2.38 bits per heavy atom. The lowest BCUT2D eigenvalue weighted by atomic mass is 10.1. The molecule has 0 spiro atoms. The van der Waals surface area contributed by atoms with Crippen molar-refractivity contribution in [2.75, 3.05) is 18.5 Å². The number of anilines is 1. The minimum absolute atomic E-state index is 0.0811. The van der Waals surface area contributed by atoms with E-state index in [1.165, 1.54) is 5.56 Å². The second-order valence-electron chi connectivity index (χ2n) is 5.09. The lowest BCUT2D eigenvalue weighted by molar-refractivity contribution is 0.0985. The highest BCUT2D eigenvalue weighted by Crippen LogP contribution is 2.18. The molecule has 0 fully saturated rings. The number of halogens is 1. The van der Waals surface area contributed by atoms with Crippen molar-refractivity contribution >= 4 is 23.1 Å². The first-order chi connectivity index (χ1) is 10.1. The highest BCUT2D eigenvalue weighted by atomic mass is 35.5. The highest BCUT2D eigenvalue weighted by Gasteiger charge is 2.11. The molecule has 0 aliphatic rings. The summed E-state index contributed by atoms with van der Waals surface area (Å²) in [5.41, 5.74) is 3.05. The molecule has 0 saturated heterocycles. The second-order valence-corrected chi connectivity index (χ2v) is 5.50. The first kappa shape index (κ1) is 15.6. The molecule has 0 bridgehead atoms. The van der Waals surface area contributed by atoms with E-state index in [1.807, 2.05) is 19.2 Å². The maximum atomic E-state index is 12.2. The van der Waals surface area contributed by atoms with E-state index >= 15 is 0 Å². The van der Waals surface area contributed by atoms with E-state index in [0.29, 0.717) is 23.6 Å². The molecule has 2 nitrogen and oxygen atoms in total. The van der Waals surface area contributed by atoms with E-state index in [1.54, 1.807) is 12.1 Å². The van der Waals surface area contributed by atoms with Gasteiger partial charge in [-0.25, -0.2) is 0 Å². The van der Waals surface area contributed by atoms with Gasteiger partial charge in [0.2, 0.25) is 0 Å². The van der Waals surface area contributed by atoms with Crippen LogP contribution in [0.1, 0.15) is 29.3 Å². The van der Waals surface area contributed by atoms with Gasteiger partial charge < -0.3 is 4.90 Å². The van der Waals surface area contributed by atoms with Gasteiger partial charge in [-0.1, -0.05) is 42.8 Å². The summed E-state index contributed by atoms with van der Waals surface area (Å²) in [5, 5.41) is 0.525. The number of hydrogen-bond acceptors (Lipinski definition) is 2. The van der Waals surface area contributed by atoms with Gasteiger partial charge in [-0.15, -0.1) is 0 Å². The van der Waals surface area contributed by atoms with Crippen molar-refractivity contribution in [1.29, 1.82) is 0 Å². The van der Waals surface area contributed by atoms with Crippen molar-refractivity contribution in [2.45, 2.75) is 19.8 Å². The van der Waals surface area contributed by atoms with E-state index in [2.05, 4.69) is 36.1 Å². The molecule has 0 aliphatic heterocycles. The molecule has 3 heteroatoms. The van der Waals surface area contributed by atoms with Crippen LogP contribution in [0.25, 0.3) is 0 Å². The van der Waals surface area contributed by atoms with Gasteiger partial charge in [0.1, 0.15) is 0 Å². The Balaban J connectivity index is 1.95. The molecule has 21 heavy (non-hydrogen) atoms. The van der Waals surface area contributed by atoms with E-state index in [9.17, 15) is 4.79 Å². The summed E-state index contributed by atoms with van der Waals surface area (Å²) in [6.45, 7) is 2.82. The van der Waals surface area contributed by atoms with Crippen molar-refractivity contribution in [3.63, 3.8) is 0 Å². The lowest BCUT2D eigenvalue weighted by Crippen LogP contribution is -2.21. The van der Waals surface area contributed by atoms with E-state index in [0.717, 1.165) is 12.1 Å². The summed E-state index contributed by atoms with van der Waals surface area (Å²) in [6.07, 6.45) is 1.49. The zero-order valence-electron chi connectivity index (χ0n) is 12.5. The Morgan fingerprint density at radius 1 is 1.10 bits per heavy atom. The van der Waals surface area contributed by atoms with Crippen molar-refractivity contribution in [1.82, 2.24) is 0 Å². The molecule has 2 aromatic carbocycles. The van der Waals surface area contributed by atoms with Gasteiger partial charge in [0.15, 0.2) is 5.78 Å². The number of hydrogen-bond donors (Lipinski definition) is 0. The van der Waals surface area contributed by atoms with Crippen LogP contribution in [-0.2, 0) is 6.42 Å². The maximum Gasteiger partial charge on any atom is 0.166 e. The topological polar surface area (TPSA) is 20.3 Å². The van der Waals surface area contributed by atoms with Crippen LogP contribution in [-0.4, -0.2) is 19.4 Å². The molecule has 2 aromatic rings. The van der Waals surface area contributed by atoms with Gasteiger partial charge in [0.05, 0.1) is 5.02 Å². The summed E-state index contributed by atoms with van der Waals surface area (Å²) >= 11 is 6.05. The first-order valence-electron chi connectivity index (χ1n) is 7.19. The van der Waals surface area contributed by atoms with Crippen molar-refractivity contribution < 1.29 is 4.79 Å². The number of carbonyl (C=O) groups excluding carboxylic acids is 1. The van der Waals surface area contributed by atoms with Crippen LogP contribution < -0.4 is 4.90 Å². The minimum atomic E-state index is 0.0811. The fourth-order valence-electron chi connectivity index (χ4n) is 2.21. The molecular weight excluding hydrogens is 282 g/mol. The molecule has 0 aromatic heterocycles. The number of nitrogens with zero attached hydrogens (tertiary/aromatic N) is 1. The summed E-state index contributed by atoms with van der Waals surface area (Å²) in [4.78, 5) is 14.3. The smallest absolute Gasteiger partial charge is 0.166 e. The average Bonchev–Trinajstić information content (AvgIpc) is 2.52. The number of benzene rings is 2. The molecule has 0 saturated carbocycles. The third kappa shape index (κ3) is 4.08. The average molecular weight is 302 g/mol. The number of ketones is 1. The van der Waals surface area contributed by atoms with Gasteiger partial charge >= 0.3 is 0 Å². The molecule has 0 aliphatic carbocycles. The number of rotatable bonds is 6. The van der Waals surface area contributed by atoms with Gasteiger partial charge in [-0.05, 0) is 36.2 Å². The second kappa shape index (κ2) is 7.28. The fourth-order valence-corrected chi connectivity index (χ4v) is 2.45. The Bertz CT molecular complexity index is 607. The Kier molecular flexibility index (Phi) is 5.40. The van der Waals surface area contributed by atoms with Gasteiger partial charge in [-0.3, -0.25) is 4.79 Å². The summed E-state index contributed by atoms with van der Waals surface area (Å²) in [6, 6.07) is 15.6. The van der Waals surface area contributed by atoms with Crippen LogP contribution in [0.3, 0.4) is 0 Å². The maximum absolute atomic E-state index is 12.2. The zero-order valence-corrected chi connectivity index (χ0v) is 13.2. The standard InChI is InChI=1S/C18H20ClNO/c1-3-14-8-10-15(11-9-14)20(2)13-12-18(21)16-6-4-5-7-17(16)19/h4-11H,3,12-13H2,1-2H3. The fraction of sp³-hybridized carbons (Fsp3) is 0.278. The number of Topliss-reactive ketones (excluding diaryl/α,β-unsaturated/α-hetero) is 1. The van der Waals surface area contributed by atoms with Gasteiger partial charge in [0.25, 0.3) is 0 Å². The monoisotopic (exact) mass is 301 g/mol. The molecule has 0 unspecified atom stereocenters. The first-order valence-corrected chi connectivity index (χ1v) is 7.57. The predicted molar refractivity (Wildman–Crippen MR) is 89.5 cm³/mol. The summed E-state index contributed by atoms with van der Waals surface area (Å²) in [7, 11) is 2.00. The highest BCUT2D eigenvalue weighted by molar-refractivity contribution is 6.33. The Hall–Kier alpha value is -1.80. The van der Waals surface area contributed by atoms with Crippen LogP contribution >= 0.6 is 11.6 Å². The third-order valence-electron chi connectivity index (χ3n) is 3.63. The minimum Gasteiger partial charge on any atom is -0.374 e. The van der Waals surface area contributed by atoms with E-state index in [-0.39, 0.29) is 5.78 Å². The molecule has 2 rings (SSSR count). The molecule has 0 heterocycles. The molecule has 110 valence electrons. The normalized spacial score (nSPS) is 10.4. The van der Waals surface area contributed by atoms with Crippen LogP contribution in [0.5, 0.6) is 0 Å². The lowest BCUT2D eigenvalue weighted by Gasteiger charge is -2.19. The van der Waals surface area contributed by atoms with Crippen LogP contribution in [0.2, 0.25) is 5.02 Å². The Labute approximate surface area is 131 Å². The van der Waals surface area contributed by atoms with Crippen molar-refractivity contribution in [3.05, 3.63) is 64.7 Å². The van der Waals surface area contributed by atoms with Gasteiger partial charge in [-0.2, -0.15) is 0 Å². The third-order valence-corrected chi connectivity index (χ3v) is 3.96. The van der Waals surface area contributed by atoms with Crippen LogP contribution in [0.15, 0.2) is 48.5 Å². The largest absolute Gasteiger partial charge is 0.374 e.